The van der Waals surface area contributed by atoms with Gasteiger partial charge in [0.2, 0.25) is 0 Å². The second-order valence-corrected chi connectivity index (χ2v) is 7.89. The third-order valence-electron chi connectivity index (χ3n) is 5.66. The molecular formula is C18H33N3O3. The van der Waals surface area contributed by atoms with Crippen LogP contribution in [0.1, 0.15) is 38.5 Å². The van der Waals surface area contributed by atoms with E-state index in [0.29, 0.717) is 18.3 Å². The molecule has 0 bridgehead atoms. The fourth-order valence-electron chi connectivity index (χ4n) is 4.56. The summed E-state index contributed by atoms with van der Waals surface area (Å²) >= 11 is 0. The van der Waals surface area contributed by atoms with Crippen LogP contribution in [0, 0.1) is 0 Å². The first kappa shape index (κ1) is 17.2. The molecule has 4 aliphatic rings. The van der Waals surface area contributed by atoms with Crippen LogP contribution in [0.5, 0.6) is 0 Å². The van der Waals surface area contributed by atoms with Crippen LogP contribution in [-0.4, -0.2) is 92.5 Å². The van der Waals surface area contributed by atoms with Crippen molar-refractivity contribution in [2.75, 3.05) is 59.5 Å². The van der Waals surface area contributed by atoms with Gasteiger partial charge in [0.15, 0.2) is 0 Å². The third kappa shape index (κ3) is 4.68. The van der Waals surface area contributed by atoms with Crippen molar-refractivity contribution in [3.63, 3.8) is 0 Å². The Morgan fingerprint density at radius 2 is 0.875 bits per heavy atom. The first-order valence-electron chi connectivity index (χ1n) is 9.87. The predicted octanol–water partition coefficient (Wildman–Crippen LogP) is 1.32. The Labute approximate surface area is 146 Å². The number of ether oxygens (including phenoxy) is 3. The number of rotatable bonds is 6. The van der Waals surface area contributed by atoms with Crippen LogP contribution in [0.3, 0.4) is 0 Å². The summed E-state index contributed by atoms with van der Waals surface area (Å²) in [6.07, 6.45) is 8.59. The molecular weight excluding hydrogens is 306 g/mol. The molecule has 24 heavy (non-hydrogen) atoms. The Hall–Kier alpha value is -0.240. The zero-order valence-corrected chi connectivity index (χ0v) is 14.9. The molecule has 0 unspecified atom stereocenters. The molecule has 0 saturated carbocycles. The largest absolute Gasteiger partial charge is 0.377 e. The maximum atomic E-state index is 5.86. The van der Waals surface area contributed by atoms with Crippen LogP contribution in [-0.2, 0) is 14.2 Å². The maximum Gasteiger partial charge on any atom is 0.0703 e. The summed E-state index contributed by atoms with van der Waals surface area (Å²) in [5, 5.41) is 0. The first-order chi connectivity index (χ1) is 11.8. The summed E-state index contributed by atoms with van der Waals surface area (Å²) in [5.74, 6) is 0. The summed E-state index contributed by atoms with van der Waals surface area (Å²) in [6.45, 7) is 9.14. The fraction of sp³-hybridized carbons (Fsp3) is 1.00. The van der Waals surface area contributed by atoms with Crippen molar-refractivity contribution < 1.29 is 14.2 Å². The number of hydrogen-bond donors (Lipinski definition) is 0. The van der Waals surface area contributed by atoms with E-state index < -0.39 is 0 Å². The van der Waals surface area contributed by atoms with Gasteiger partial charge in [0, 0.05) is 39.5 Å². The lowest BCUT2D eigenvalue weighted by Crippen LogP contribution is -2.58. The molecule has 0 N–H and O–H groups in total. The minimum atomic E-state index is 0.428. The summed E-state index contributed by atoms with van der Waals surface area (Å²) in [7, 11) is 0. The standard InChI is InChI=1S/C18H33N3O3/c1-4-16(22-7-1)10-19-13-20(11-17-5-2-8-23-17)15-21(14-19)12-18-6-3-9-24-18/h16-18H,1-15H2/t16-,17-,18-/m1/s1. The third-order valence-corrected chi connectivity index (χ3v) is 5.66. The molecule has 4 fully saturated rings. The lowest BCUT2D eigenvalue weighted by Gasteiger charge is -2.44. The lowest BCUT2D eigenvalue weighted by molar-refractivity contribution is -0.0763. The van der Waals surface area contributed by atoms with Crippen molar-refractivity contribution in [3.8, 4) is 0 Å². The van der Waals surface area contributed by atoms with E-state index in [-0.39, 0.29) is 0 Å². The van der Waals surface area contributed by atoms with E-state index in [9.17, 15) is 0 Å². The van der Waals surface area contributed by atoms with E-state index in [1.807, 2.05) is 0 Å². The predicted molar refractivity (Wildman–Crippen MR) is 91.6 cm³/mol. The van der Waals surface area contributed by atoms with Gasteiger partial charge >= 0.3 is 0 Å². The molecule has 6 nitrogen and oxygen atoms in total. The molecule has 4 rings (SSSR count). The van der Waals surface area contributed by atoms with Gasteiger partial charge in [0.05, 0.1) is 38.3 Å². The van der Waals surface area contributed by atoms with Gasteiger partial charge in [-0.3, -0.25) is 14.7 Å². The molecule has 138 valence electrons. The lowest BCUT2D eigenvalue weighted by atomic mass is 10.2. The molecule has 4 heterocycles. The van der Waals surface area contributed by atoms with Gasteiger partial charge in [-0.1, -0.05) is 0 Å². The molecule has 3 atom stereocenters. The van der Waals surface area contributed by atoms with Gasteiger partial charge in [-0.25, -0.2) is 0 Å². The Morgan fingerprint density at radius 3 is 1.12 bits per heavy atom. The Balaban J connectivity index is 1.33. The summed E-state index contributed by atoms with van der Waals surface area (Å²) in [6, 6.07) is 0. The molecule has 4 aliphatic heterocycles. The summed E-state index contributed by atoms with van der Waals surface area (Å²) < 4.78 is 17.6. The van der Waals surface area contributed by atoms with E-state index in [1.165, 1.54) is 38.5 Å². The molecule has 0 amide bonds. The van der Waals surface area contributed by atoms with Gasteiger partial charge in [-0.2, -0.15) is 0 Å². The van der Waals surface area contributed by atoms with Crippen LogP contribution in [0.4, 0.5) is 0 Å². The minimum absolute atomic E-state index is 0.428. The van der Waals surface area contributed by atoms with E-state index in [2.05, 4.69) is 14.7 Å². The van der Waals surface area contributed by atoms with E-state index in [0.717, 1.165) is 59.5 Å². The van der Waals surface area contributed by atoms with Gasteiger partial charge in [0.25, 0.3) is 0 Å². The zero-order chi connectivity index (χ0) is 16.2. The SMILES string of the molecule is C1CO[C@@H](CN2CN(C[C@H]3CCCO3)CN(C[C@H]3CCCO3)C2)C1. The highest BCUT2D eigenvalue weighted by molar-refractivity contribution is 4.80. The molecule has 6 heteroatoms. The van der Waals surface area contributed by atoms with Crippen molar-refractivity contribution >= 4 is 0 Å². The van der Waals surface area contributed by atoms with E-state index in [1.54, 1.807) is 0 Å². The highest BCUT2D eigenvalue weighted by Crippen LogP contribution is 2.20. The van der Waals surface area contributed by atoms with Crippen LogP contribution in [0.15, 0.2) is 0 Å². The topological polar surface area (TPSA) is 37.4 Å². The van der Waals surface area contributed by atoms with Crippen molar-refractivity contribution in [2.45, 2.75) is 56.8 Å². The van der Waals surface area contributed by atoms with E-state index >= 15 is 0 Å². The summed E-state index contributed by atoms with van der Waals surface area (Å²) in [5.41, 5.74) is 0. The van der Waals surface area contributed by atoms with Crippen molar-refractivity contribution in [3.05, 3.63) is 0 Å². The fourth-order valence-corrected chi connectivity index (χ4v) is 4.56. The smallest absolute Gasteiger partial charge is 0.0703 e. The second kappa shape index (κ2) is 8.43. The monoisotopic (exact) mass is 339 g/mol. The van der Waals surface area contributed by atoms with Crippen LogP contribution >= 0.6 is 0 Å². The summed E-state index contributed by atoms with van der Waals surface area (Å²) in [4.78, 5) is 7.68. The van der Waals surface area contributed by atoms with Crippen molar-refractivity contribution in [1.29, 1.82) is 0 Å². The highest BCUT2D eigenvalue weighted by Gasteiger charge is 2.31. The first-order valence-corrected chi connectivity index (χ1v) is 9.87. The number of hydrogen-bond acceptors (Lipinski definition) is 6. The van der Waals surface area contributed by atoms with Crippen LogP contribution < -0.4 is 0 Å². The minimum Gasteiger partial charge on any atom is -0.377 e. The van der Waals surface area contributed by atoms with Gasteiger partial charge < -0.3 is 14.2 Å². The molecule has 0 radical (unpaired) electrons. The van der Waals surface area contributed by atoms with Gasteiger partial charge in [-0.15, -0.1) is 0 Å². The number of nitrogens with zero attached hydrogens (tertiary/aromatic N) is 3. The Morgan fingerprint density at radius 1 is 0.542 bits per heavy atom. The highest BCUT2D eigenvalue weighted by atomic mass is 16.5. The van der Waals surface area contributed by atoms with Crippen molar-refractivity contribution in [1.82, 2.24) is 14.7 Å². The average molecular weight is 339 g/mol. The average Bonchev–Trinajstić information content (AvgIpc) is 3.30. The Kier molecular flexibility index (Phi) is 6.04. The maximum absolute atomic E-state index is 5.86. The molecule has 0 aliphatic carbocycles. The Bertz CT molecular complexity index is 317. The molecule has 0 aromatic carbocycles. The van der Waals surface area contributed by atoms with Gasteiger partial charge in [-0.05, 0) is 38.5 Å². The van der Waals surface area contributed by atoms with Crippen molar-refractivity contribution in [2.24, 2.45) is 0 Å². The molecule has 0 aromatic rings. The van der Waals surface area contributed by atoms with Crippen LogP contribution in [0.25, 0.3) is 0 Å². The van der Waals surface area contributed by atoms with Gasteiger partial charge in [0.1, 0.15) is 0 Å². The molecule has 4 saturated heterocycles. The molecule has 0 aromatic heterocycles. The molecule has 0 spiro atoms. The van der Waals surface area contributed by atoms with Crippen LogP contribution in [0.2, 0.25) is 0 Å². The second-order valence-electron chi connectivity index (χ2n) is 7.89. The zero-order valence-electron chi connectivity index (χ0n) is 14.9. The normalized spacial score (nSPS) is 36.8. The van der Waals surface area contributed by atoms with E-state index in [4.69, 9.17) is 14.2 Å². The quantitative estimate of drug-likeness (QED) is 0.726.